The van der Waals surface area contributed by atoms with Gasteiger partial charge in [0.05, 0.1) is 16.5 Å². The first-order valence-electron chi connectivity index (χ1n) is 24.5. The number of ether oxygens (including phenoxy) is 1. The Morgan fingerprint density at radius 1 is 0.306 bits per heavy atom. The van der Waals surface area contributed by atoms with E-state index in [4.69, 9.17) is 13.6 Å². The van der Waals surface area contributed by atoms with Crippen LogP contribution in [0, 0.1) is 0 Å². The maximum Gasteiger partial charge on any atom is 0.145 e. The molecule has 338 valence electrons. The van der Waals surface area contributed by atoms with Crippen LogP contribution in [0.15, 0.2) is 264 Å². The fraction of sp³-hybridized carbons (Fsp3) is 0.0149. The largest absolute Gasteiger partial charge is 0.457 e. The molecule has 0 unspecified atom stereocenters. The third kappa shape index (κ3) is 5.88. The van der Waals surface area contributed by atoms with Gasteiger partial charge in [0.15, 0.2) is 0 Å². The normalized spacial score (nSPS) is 12.9. The van der Waals surface area contributed by atoms with Crippen LogP contribution in [-0.4, -0.2) is 0 Å². The van der Waals surface area contributed by atoms with E-state index in [-0.39, 0.29) is 0 Å². The summed E-state index contributed by atoms with van der Waals surface area (Å²) < 4.78 is 20.6. The first-order valence-corrected chi connectivity index (χ1v) is 24.5. The van der Waals surface area contributed by atoms with Crippen LogP contribution in [0.4, 0.5) is 34.1 Å². The van der Waals surface area contributed by atoms with Gasteiger partial charge in [0.25, 0.3) is 0 Å². The Hall–Kier alpha value is -9.58. The van der Waals surface area contributed by atoms with Gasteiger partial charge in [-0.25, -0.2) is 0 Å². The quantitative estimate of drug-likeness (QED) is 0.159. The van der Waals surface area contributed by atoms with Crippen LogP contribution < -0.4 is 14.5 Å². The van der Waals surface area contributed by atoms with Crippen LogP contribution in [0.25, 0.3) is 66.1 Å². The number of para-hydroxylation sites is 4. The van der Waals surface area contributed by atoms with E-state index >= 15 is 0 Å². The van der Waals surface area contributed by atoms with E-state index in [0.29, 0.717) is 0 Å². The van der Waals surface area contributed by atoms with Gasteiger partial charge < -0.3 is 23.4 Å². The summed E-state index contributed by atoms with van der Waals surface area (Å²) in [5, 5.41) is 4.25. The summed E-state index contributed by atoms with van der Waals surface area (Å²) >= 11 is 0. The number of rotatable bonds is 7. The Bertz CT molecular complexity index is 4220. The van der Waals surface area contributed by atoms with E-state index in [9.17, 15) is 0 Å². The maximum absolute atomic E-state index is 7.47. The van der Waals surface area contributed by atoms with Crippen molar-refractivity contribution in [3.63, 3.8) is 0 Å². The Labute approximate surface area is 415 Å². The van der Waals surface area contributed by atoms with Crippen molar-refractivity contribution in [3.8, 4) is 33.8 Å². The molecule has 2 aliphatic rings. The second kappa shape index (κ2) is 15.7. The van der Waals surface area contributed by atoms with E-state index in [1.54, 1.807) is 0 Å². The first-order chi connectivity index (χ1) is 35.7. The van der Waals surface area contributed by atoms with Gasteiger partial charge in [-0.3, -0.25) is 0 Å². The topological polar surface area (TPSA) is 42.0 Å². The summed E-state index contributed by atoms with van der Waals surface area (Å²) in [6.45, 7) is 0. The van der Waals surface area contributed by atoms with Crippen LogP contribution in [0.2, 0.25) is 0 Å². The van der Waals surface area contributed by atoms with Gasteiger partial charge in [-0.15, -0.1) is 0 Å². The predicted molar refractivity (Wildman–Crippen MR) is 293 cm³/mol. The van der Waals surface area contributed by atoms with Crippen molar-refractivity contribution < 1.29 is 13.6 Å². The van der Waals surface area contributed by atoms with Gasteiger partial charge in [0, 0.05) is 73.4 Å². The summed E-state index contributed by atoms with van der Waals surface area (Å²) in [6.07, 6.45) is 0. The lowest BCUT2D eigenvalue weighted by Crippen LogP contribution is -2.32. The molecular formula is C67H42N2O3. The monoisotopic (exact) mass is 922 g/mol. The third-order valence-corrected chi connectivity index (χ3v) is 14.9. The maximum atomic E-state index is 7.47. The zero-order valence-corrected chi connectivity index (χ0v) is 38.9. The fourth-order valence-corrected chi connectivity index (χ4v) is 11.9. The van der Waals surface area contributed by atoms with E-state index in [1.165, 1.54) is 22.3 Å². The van der Waals surface area contributed by atoms with Crippen molar-refractivity contribution in [2.24, 2.45) is 0 Å². The number of nitrogens with zero attached hydrogens (tertiary/aromatic N) is 2. The molecule has 0 bridgehead atoms. The minimum Gasteiger partial charge on any atom is -0.457 e. The molecule has 13 aromatic rings. The molecular weight excluding hydrogens is 881 g/mol. The molecule has 0 radical (unpaired) electrons. The molecule has 1 aliphatic heterocycles. The minimum atomic E-state index is -0.678. The Balaban J connectivity index is 0.964. The van der Waals surface area contributed by atoms with Crippen molar-refractivity contribution in [2.45, 2.75) is 5.41 Å². The zero-order valence-electron chi connectivity index (χ0n) is 38.9. The van der Waals surface area contributed by atoms with Crippen molar-refractivity contribution in [1.29, 1.82) is 0 Å². The van der Waals surface area contributed by atoms with Gasteiger partial charge in [0.2, 0.25) is 0 Å². The van der Waals surface area contributed by atoms with Gasteiger partial charge in [-0.05, 0) is 107 Å². The standard InChI is InChI=1S/C67H42N2O3/c1-4-18-43(19-5-1)49-35-38-59(65-53-27-13-17-31-61(53)72-66(49)65)69(45-22-8-3-9-23-45)48-33-37-58-64(42-48)71-63-41-47(32-36-57(63)67(58)55-28-14-10-24-50(55)51-25-11-15-29-56(51)67)68(44-20-6-2-7-21-44)46-34-39-62-54(40-46)52-26-12-16-30-60(52)70-62/h1-42H. The van der Waals surface area contributed by atoms with E-state index in [0.717, 1.165) is 112 Å². The van der Waals surface area contributed by atoms with Gasteiger partial charge >= 0.3 is 0 Å². The van der Waals surface area contributed by atoms with Gasteiger partial charge in [-0.2, -0.15) is 0 Å². The fourth-order valence-electron chi connectivity index (χ4n) is 11.9. The second-order valence-corrected chi connectivity index (χ2v) is 18.7. The van der Waals surface area contributed by atoms with E-state index in [2.05, 4.69) is 246 Å². The van der Waals surface area contributed by atoms with Crippen molar-refractivity contribution in [1.82, 2.24) is 0 Å². The summed E-state index contributed by atoms with van der Waals surface area (Å²) in [7, 11) is 0. The molecule has 0 saturated carbocycles. The molecule has 0 amide bonds. The molecule has 5 heteroatoms. The number of hydrogen-bond acceptors (Lipinski definition) is 5. The number of furan rings is 2. The Morgan fingerprint density at radius 2 is 0.806 bits per heavy atom. The molecule has 0 saturated heterocycles. The lowest BCUT2D eigenvalue weighted by Gasteiger charge is -2.40. The highest BCUT2D eigenvalue weighted by atomic mass is 16.5. The van der Waals surface area contributed by atoms with Crippen LogP contribution in [0.5, 0.6) is 11.5 Å². The molecule has 2 aromatic heterocycles. The van der Waals surface area contributed by atoms with Crippen LogP contribution in [0.3, 0.4) is 0 Å². The summed E-state index contributed by atoms with van der Waals surface area (Å²) in [6, 6.07) is 90.7. The lowest BCUT2D eigenvalue weighted by molar-refractivity contribution is 0.436. The summed E-state index contributed by atoms with van der Waals surface area (Å²) in [5.74, 6) is 1.58. The van der Waals surface area contributed by atoms with Crippen molar-refractivity contribution >= 4 is 78.0 Å². The number of anilines is 6. The predicted octanol–water partition coefficient (Wildman–Crippen LogP) is 18.6. The Morgan fingerprint density at radius 3 is 1.47 bits per heavy atom. The second-order valence-electron chi connectivity index (χ2n) is 18.7. The molecule has 1 spiro atoms. The average Bonchev–Trinajstić information content (AvgIpc) is 4.11. The molecule has 72 heavy (non-hydrogen) atoms. The first kappa shape index (κ1) is 40.3. The molecule has 15 rings (SSSR count). The number of hydrogen-bond donors (Lipinski definition) is 0. The van der Waals surface area contributed by atoms with E-state index in [1.807, 2.05) is 18.2 Å². The minimum absolute atomic E-state index is 0.678. The molecule has 1 aliphatic carbocycles. The summed E-state index contributed by atoms with van der Waals surface area (Å²) in [4.78, 5) is 4.67. The number of benzene rings is 11. The highest BCUT2D eigenvalue weighted by Crippen LogP contribution is 2.63. The Kier molecular flexibility index (Phi) is 8.80. The molecule has 3 heterocycles. The molecule has 5 nitrogen and oxygen atoms in total. The lowest BCUT2D eigenvalue weighted by atomic mass is 9.66. The van der Waals surface area contributed by atoms with E-state index < -0.39 is 5.41 Å². The third-order valence-electron chi connectivity index (χ3n) is 14.9. The van der Waals surface area contributed by atoms with Crippen molar-refractivity contribution in [3.05, 3.63) is 277 Å². The molecule has 0 fully saturated rings. The molecule has 11 aromatic carbocycles. The van der Waals surface area contributed by atoms with Gasteiger partial charge in [0.1, 0.15) is 33.8 Å². The van der Waals surface area contributed by atoms with Crippen LogP contribution in [0.1, 0.15) is 22.3 Å². The molecule has 0 N–H and O–H groups in total. The van der Waals surface area contributed by atoms with Crippen LogP contribution >= 0.6 is 0 Å². The highest BCUT2D eigenvalue weighted by Gasteiger charge is 2.51. The van der Waals surface area contributed by atoms with Gasteiger partial charge in [-0.1, -0.05) is 164 Å². The van der Waals surface area contributed by atoms with Crippen LogP contribution in [-0.2, 0) is 5.41 Å². The highest BCUT2D eigenvalue weighted by molar-refractivity contribution is 6.17. The number of fused-ring (bicyclic) bond motifs is 15. The smallest absolute Gasteiger partial charge is 0.145 e. The van der Waals surface area contributed by atoms with Crippen molar-refractivity contribution in [2.75, 3.05) is 9.80 Å². The molecule has 0 atom stereocenters. The zero-order chi connectivity index (χ0) is 47.3. The SMILES string of the molecule is c1ccc(-c2ccc(N(c3ccccc3)c3ccc4c(c3)Oc3cc(N(c5ccccc5)c5ccc6oc7ccccc7c6c5)ccc3C43c4ccccc4-c4ccccc43)c3c2oc2ccccc23)cc1. The summed E-state index contributed by atoms with van der Waals surface area (Å²) in [5.41, 5.74) is 18.0. The average molecular weight is 923 g/mol.